The van der Waals surface area contributed by atoms with Crippen LogP contribution in [0.5, 0.6) is 0 Å². The number of benzene rings is 1. The van der Waals surface area contributed by atoms with Crippen molar-refractivity contribution in [2.75, 3.05) is 42.5 Å². The normalized spacial score (nSPS) is 21.3. The number of hydrogen-bond donors (Lipinski definition) is 2. The molecule has 3 aromatic rings. The monoisotopic (exact) mass is 516 g/mol. The average molecular weight is 517 g/mol. The lowest BCUT2D eigenvalue weighted by Gasteiger charge is -2.40. The van der Waals surface area contributed by atoms with Crippen LogP contribution in [0.25, 0.3) is 5.65 Å². The summed E-state index contributed by atoms with van der Waals surface area (Å²) in [7, 11) is 0. The maximum atomic E-state index is 13.6. The molecule has 1 atom stereocenters. The number of alkyl halides is 3. The highest BCUT2D eigenvalue weighted by atomic mass is 19.4. The number of likely N-dealkylation sites (tertiary alicyclic amines) is 1. The van der Waals surface area contributed by atoms with E-state index in [4.69, 9.17) is 10.1 Å². The smallest absolute Gasteiger partial charge is 0.389 e. The second-order valence-electron chi connectivity index (χ2n) is 9.98. The van der Waals surface area contributed by atoms with E-state index in [2.05, 4.69) is 0 Å². The summed E-state index contributed by atoms with van der Waals surface area (Å²) in [5, 5.41) is 24.4. The molecule has 196 valence electrons. The van der Waals surface area contributed by atoms with Crippen LogP contribution in [-0.2, 0) is 6.18 Å². The van der Waals surface area contributed by atoms with Crippen LogP contribution >= 0.6 is 0 Å². The van der Waals surface area contributed by atoms with Gasteiger partial charge in [0.25, 0.3) is 5.91 Å². The number of carbonyl (C=O) groups excluding carboxylic acids is 1. The molecule has 0 radical (unpaired) electrons. The minimum Gasteiger partial charge on any atom is -0.389 e. The van der Waals surface area contributed by atoms with E-state index in [-0.39, 0.29) is 5.56 Å². The zero-order valence-corrected chi connectivity index (χ0v) is 20.0. The van der Waals surface area contributed by atoms with E-state index in [0.29, 0.717) is 62.7 Å². The van der Waals surface area contributed by atoms with Gasteiger partial charge in [-0.2, -0.15) is 22.8 Å². The quantitative estimate of drug-likeness (QED) is 0.550. The molecule has 3 saturated heterocycles. The molecule has 12 heteroatoms. The summed E-state index contributed by atoms with van der Waals surface area (Å²) < 4.78 is 42.6. The number of fused-ring (bicyclic) bond motifs is 1. The predicted octanol–water partition coefficient (Wildman–Crippen LogP) is 2.48. The van der Waals surface area contributed by atoms with Crippen LogP contribution in [0.4, 0.5) is 24.8 Å². The molecule has 37 heavy (non-hydrogen) atoms. The number of amides is 1. The van der Waals surface area contributed by atoms with Gasteiger partial charge in [-0.25, -0.2) is 4.98 Å². The van der Waals surface area contributed by atoms with Gasteiger partial charge in [-0.05, 0) is 31.4 Å². The number of hydrogen-bond acceptors (Lipinski definition) is 7. The number of anilines is 2. The van der Waals surface area contributed by atoms with Crippen LogP contribution in [0.2, 0.25) is 0 Å². The van der Waals surface area contributed by atoms with Crippen LogP contribution < -0.4 is 9.80 Å². The van der Waals surface area contributed by atoms with Gasteiger partial charge in [-0.1, -0.05) is 12.1 Å². The number of rotatable bonds is 4. The minimum atomic E-state index is -4.64. The highest BCUT2D eigenvalue weighted by Gasteiger charge is 2.39. The summed E-state index contributed by atoms with van der Waals surface area (Å²) >= 11 is 0. The number of β-amino-alcohol motifs (C(OH)–C–C–N with tert-alkyl or cyclic N) is 2. The largest absolute Gasteiger partial charge is 0.417 e. The highest BCUT2D eigenvalue weighted by Crippen LogP contribution is 2.37. The number of piperidine rings is 1. The number of nitrogens with zero attached hydrogens (tertiary/aromatic N) is 6. The zero-order chi connectivity index (χ0) is 25.9. The van der Waals surface area contributed by atoms with Crippen molar-refractivity contribution >= 4 is 23.2 Å². The lowest BCUT2D eigenvalue weighted by atomic mass is 9.97. The summed E-state index contributed by atoms with van der Waals surface area (Å²) in [4.78, 5) is 23.6. The van der Waals surface area contributed by atoms with Gasteiger partial charge < -0.3 is 24.9 Å². The Bertz CT molecular complexity index is 1330. The maximum Gasteiger partial charge on any atom is 0.417 e. The molecule has 3 aliphatic rings. The van der Waals surface area contributed by atoms with Crippen molar-refractivity contribution in [3.63, 3.8) is 0 Å². The molecule has 0 saturated carbocycles. The van der Waals surface area contributed by atoms with Gasteiger partial charge in [0, 0.05) is 44.9 Å². The molecule has 0 spiro atoms. The van der Waals surface area contributed by atoms with Crippen LogP contribution in [0.3, 0.4) is 0 Å². The number of aromatic nitrogens is 3. The summed E-state index contributed by atoms with van der Waals surface area (Å²) in [6.45, 7) is 2.15. The standard InChI is InChI=1S/C25H27F3N6O3/c26-25(27,28)18-6-2-1-5-17(18)24(37)33-8-4-3-7-20(33)19-9-22-29-21(31-11-15(35)12-31)10-23(34(22)30-19)32-13-16(36)14-32/h1-2,5-6,9-10,15-16,20,35-36H,3-4,7-8,11-14H2/t20-/m1/s1. The van der Waals surface area contributed by atoms with E-state index in [1.165, 1.54) is 23.1 Å². The average Bonchev–Trinajstić information content (AvgIpc) is 3.27. The van der Waals surface area contributed by atoms with Crippen LogP contribution in [0, 0.1) is 0 Å². The van der Waals surface area contributed by atoms with E-state index in [1.807, 2.05) is 15.9 Å². The second kappa shape index (κ2) is 8.88. The van der Waals surface area contributed by atoms with Crippen LogP contribution in [0.1, 0.15) is 46.9 Å². The van der Waals surface area contributed by atoms with Crippen LogP contribution in [0.15, 0.2) is 36.4 Å². The molecule has 1 aromatic carbocycles. The van der Waals surface area contributed by atoms with Gasteiger partial charge in [0.2, 0.25) is 0 Å². The van der Waals surface area contributed by atoms with E-state index in [9.17, 15) is 28.2 Å². The van der Waals surface area contributed by atoms with E-state index in [1.54, 1.807) is 10.6 Å². The van der Waals surface area contributed by atoms with Gasteiger partial charge in [-0.3, -0.25) is 4.79 Å². The van der Waals surface area contributed by atoms with Crippen molar-refractivity contribution < 1.29 is 28.2 Å². The third-order valence-corrected chi connectivity index (χ3v) is 7.35. The van der Waals surface area contributed by atoms with Crippen molar-refractivity contribution in [2.24, 2.45) is 0 Å². The predicted molar refractivity (Wildman–Crippen MR) is 128 cm³/mol. The first kappa shape index (κ1) is 24.0. The van der Waals surface area contributed by atoms with Gasteiger partial charge >= 0.3 is 6.18 Å². The van der Waals surface area contributed by atoms with Gasteiger partial charge in [-0.15, -0.1) is 0 Å². The number of aliphatic hydroxyl groups excluding tert-OH is 2. The molecular formula is C25H27F3N6O3. The van der Waals surface area contributed by atoms with E-state index < -0.39 is 35.9 Å². The molecule has 3 aliphatic heterocycles. The van der Waals surface area contributed by atoms with Crippen molar-refractivity contribution in [1.29, 1.82) is 0 Å². The van der Waals surface area contributed by atoms with Crippen molar-refractivity contribution in [3.05, 3.63) is 53.2 Å². The number of aliphatic hydroxyl groups is 2. The molecule has 2 N–H and O–H groups in total. The van der Waals surface area contributed by atoms with Crippen LogP contribution in [-0.4, -0.2) is 80.5 Å². The summed E-state index contributed by atoms with van der Waals surface area (Å²) in [5.74, 6) is 0.745. The minimum absolute atomic E-state index is 0.332. The Hall–Kier alpha value is -3.38. The van der Waals surface area contributed by atoms with Crippen molar-refractivity contribution in [3.8, 4) is 0 Å². The summed E-state index contributed by atoms with van der Waals surface area (Å²) in [6, 6.07) is 8.04. The Morgan fingerprint density at radius 3 is 2.38 bits per heavy atom. The molecule has 0 unspecified atom stereocenters. The fourth-order valence-electron chi connectivity index (χ4n) is 5.35. The molecular weight excluding hydrogens is 489 g/mol. The van der Waals surface area contributed by atoms with E-state index >= 15 is 0 Å². The lowest BCUT2D eigenvalue weighted by molar-refractivity contribution is -0.138. The van der Waals surface area contributed by atoms with Gasteiger partial charge in [0.05, 0.1) is 35.1 Å². The number of halogens is 3. The fraction of sp³-hybridized carbons (Fsp3) is 0.480. The Kier molecular flexibility index (Phi) is 5.75. The van der Waals surface area contributed by atoms with Crippen molar-refractivity contribution in [2.45, 2.75) is 43.7 Å². The third kappa shape index (κ3) is 4.27. The highest BCUT2D eigenvalue weighted by molar-refractivity contribution is 5.96. The topological polar surface area (TPSA) is 97.4 Å². The fourth-order valence-corrected chi connectivity index (χ4v) is 5.35. The Labute approximate surface area is 210 Å². The van der Waals surface area contributed by atoms with Crippen molar-refractivity contribution in [1.82, 2.24) is 19.5 Å². The third-order valence-electron chi connectivity index (χ3n) is 7.35. The molecule has 3 fully saturated rings. The summed E-state index contributed by atoms with van der Waals surface area (Å²) in [6.07, 6.45) is -3.39. The molecule has 1 amide bonds. The summed E-state index contributed by atoms with van der Waals surface area (Å²) in [5.41, 5.74) is -0.203. The first-order valence-corrected chi connectivity index (χ1v) is 12.4. The molecule has 0 aliphatic carbocycles. The Balaban J connectivity index is 1.38. The first-order valence-electron chi connectivity index (χ1n) is 12.4. The van der Waals surface area contributed by atoms with Gasteiger partial charge in [0.15, 0.2) is 5.65 Å². The molecule has 2 aromatic heterocycles. The second-order valence-corrected chi connectivity index (χ2v) is 9.98. The van der Waals surface area contributed by atoms with Gasteiger partial charge in [0.1, 0.15) is 11.6 Å². The van der Waals surface area contributed by atoms with E-state index in [0.717, 1.165) is 18.3 Å². The molecule has 5 heterocycles. The number of carbonyl (C=O) groups is 1. The Morgan fingerprint density at radius 1 is 0.973 bits per heavy atom. The zero-order valence-electron chi connectivity index (χ0n) is 20.0. The maximum absolute atomic E-state index is 13.6. The molecule has 6 rings (SSSR count). The molecule has 0 bridgehead atoms. The first-order chi connectivity index (χ1) is 17.7. The lowest BCUT2D eigenvalue weighted by Crippen LogP contribution is -2.53. The Morgan fingerprint density at radius 2 is 1.68 bits per heavy atom. The molecule has 9 nitrogen and oxygen atoms in total. The SMILES string of the molecule is O=C(c1ccccc1C(F)(F)F)N1CCCC[C@@H]1c1cc2nc(N3CC(O)C3)cc(N3CC(O)C3)n2n1.